The molecule has 2 saturated heterocycles. The van der Waals surface area contributed by atoms with Gasteiger partial charge >= 0.3 is 0 Å². The molecular weight excluding hydrogens is 350 g/mol. The molecule has 2 aliphatic heterocycles. The van der Waals surface area contributed by atoms with Crippen LogP contribution in [0.1, 0.15) is 25.7 Å². The number of halogens is 2. The summed E-state index contributed by atoms with van der Waals surface area (Å²) in [6.45, 7) is 4.22. The van der Waals surface area contributed by atoms with Crippen LogP contribution in [0.2, 0.25) is 0 Å². The first-order chi connectivity index (χ1) is 12.0. The van der Waals surface area contributed by atoms with Crippen LogP contribution in [0.3, 0.4) is 0 Å². The van der Waals surface area contributed by atoms with Crippen molar-refractivity contribution in [2.45, 2.75) is 36.6 Å². The quantitative estimate of drug-likeness (QED) is 0.793. The van der Waals surface area contributed by atoms with E-state index in [1.54, 1.807) is 0 Å². The van der Waals surface area contributed by atoms with Crippen molar-refractivity contribution in [3.8, 4) is 0 Å². The molecule has 0 spiro atoms. The van der Waals surface area contributed by atoms with Crippen LogP contribution in [0.4, 0.5) is 8.78 Å². The van der Waals surface area contributed by atoms with Gasteiger partial charge in [-0.15, -0.1) is 0 Å². The summed E-state index contributed by atoms with van der Waals surface area (Å²) in [6, 6.07) is 2.40. The second-order valence-corrected chi connectivity index (χ2v) is 8.44. The molecule has 1 atom stereocenters. The van der Waals surface area contributed by atoms with E-state index in [0.29, 0.717) is 26.2 Å². The summed E-state index contributed by atoms with van der Waals surface area (Å²) in [6.07, 6.45) is 3.13. The van der Waals surface area contributed by atoms with Crippen LogP contribution in [0.5, 0.6) is 0 Å². The molecule has 5 nitrogen and oxygen atoms in total. The third-order valence-electron chi connectivity index (χ3n) is 4.94. The Hall–Kier alpha value is -1.09. The molecule has 0 unspecified atom stereocenters. The van der Waals surface area contributed by atoms with Crippen molar-refractivity contribution < 1.29 is 21.9 Å². The lowest BCUT2D eigenvalue weighted by Crippen LogP contribution is -2.46. The molecule has 2 fully saturated rings. The molecule has 8 heteroatoms. The Balaban J connectivity index is 1.76. The highest BCUT2D eigenvalue weighted by atomic mass is 32.2. The van der Waals surface area contributed by atoms with Crippen molar-refractivity contribution in [2.75, 3.05) is 39.4 Å². The number of ether oxygens (including phenoxy) is 1. The van der Waals surface area contributed by atoms with Crippen LogP contribution in [0, 0.1) is 11.6 Å². The normalized spacial score (nSPS) is 23.7. The molecule has 0 radical (unpaired) electrons. The average Bonchev–Trinajstić information content (AvgIpc) is 2.63. The van der Waals surface area contributed by atoms with Crippen LogP contribution >= 0.6 is 0 Å². The van der Waals surface area contributed by atoms with Gasteiger partial charge in [0.05, 0.1) is 13.2 Å². The molecule has 1 aromatic rings. The number of sulfonamides is 1. The number of nitrogens with zero attached hydrogens (tertiary/aromatic N) is 2. The van der Waals surface area contributed by atoms with Crippen LogP contribution in [0.25, 0.3) is 0 Å². The second-order valence-electron chi connectivity index (χ2n) is 6.58. The number of rotatable bonds is 5. The molecule has 0 aromatic heterocycles. The van der Waals surface area contributed by atoms with E-state index in [2.05, 4.69) is 4.90 Å². The molecule has 25 heavy (non-hydrogen) atoms. The van der Waals surface area contributed by atoms with Gasteiger partial charge in [0.25, 0.3) is 0 Å². The Morgan fingerprint density at radius 3 is 2.64 bits per heavy atom. The highest BCUT2D eigenvalue weighted by Gasteiger charge is 2.35. The number of piperidine rings is 1. The van der Waals surface area contributed by atoms with Crippen molar-refractivity contribution >= 4 is 10.0 Å². The Bertz CT molecular complexity index is 693. The highest BCUT2D eigenvalue weighted by Crippen LogP contribution is 2.29. The van der Waals surface area contributed by atoms with E-state index in [0.717, 1.165) is 57.1 Å². The van der Waals surface area contributed by atoms with Gasteiger partial charge < -0.3 is 4.74 Å². The predicted molar refractivity (Wildman–Crippen MR) is 89.8 cm³/mol. The van der Waals surface area contributed by atoms with Gasteiger partial charge in [-0.05, 0) is 44.0 Å². The van der Waals surface area contributed by atoms with E-state index in [4.69, 9.17) is 4.74 Å². The fourth-order valence-electron chi connectivity index (χ4n) is 3.54. The number of benzene rings is 1. The fraction of sp³-hybridized carbons (Fsp3) is 0.647. The van der Waals surface area contributed by atoms with Crippen molar-refractivity contribution in [3.05, 3.63) is 29.8 Å². The van der Waals surface area contributed by atoms with Crippen LogP contribution in [0.15, 0.2) is 23.1 Å². The molecular formula is C17H24F2N2O3S. The summed E-state index contributed by atoms with van der Waals surface area (Å²) in [4.78, 5) is 1.69. The first-order valence-corrected chi connectivity index (χ1v) is 10.2. The lowest BCUT2D eigenvalue weighted by atomic mass is 10.0. The zero-order valence-corrected chi connectivity index (χ0v) is 15.0. The largest absolute Gasteiger partial charge is 0.379 e. The van der Waals surface area contributed by atoms with Crippen molar-refractivity contribution in [1.82, 2.24) is 9.21 Å². The van der Waals surface area contributed by atoms with Gasteiger partial charge in [0, 0.05) is 25.7 Å². The van der Waals surface area contributed by atoms with Crippen LogP contribution in [-0.4, -0.2) is 63.1 Å². The third kappa shape index (κ3) is 4.36. The first-order valence-electron chi connectivity index (χ1n) is 8.75. The minimum Gasteiger partial charge on any atom is -0.379 e. The van der Waals surface area contributed by atoms with E-state index in [9.17, 15) is 17.2 Å². The third-order valence-corrected chi connectivity index (χ3v) is 6.90. The smallest absolute Gasteiger partial charge is 0.246 e. The zero-order valence-electron chi connectivity index (χ0n) is 14.2. The Kier molecular flexibility index (Phi) is 6.04. The Labute approximate surface area is 147 Å². The maximum Gasteiger partial charge on any atom is 0.246 e. The maximum absolute atomic E-state index is 14.0. The standard InChI is InChI=1S/C17H24F2N2O3S/c18-14-4-5-16(19)17(13-14)25(22,23)21-7-2-1-3-15(21)6-8-20-9-11-24-12-10-20/h4-5,13,15H,1-3,6-12H2/t15-/m0/s1. The summed E-state index contributed by atoms with van der Waals surface area (Å²) in [5.74, 6) is -1.65. The monoisotopic (exact) mass is 374 g/mol. The van der Waals surface area contributed by atoms with E-state index in [1.807, 2.05) is 0 Å². The summed E-state index contributed by atoms with van der Waals surface area (Å²) < 4.78 is 60.0. The number of hydrogen-bond donors (Lipinski definition) is 0. The van der Waals surface area contributed by atoms with Crippen LogP contribution in [-0.2, 0) is 14.8 Å². The maximum atomic E-state index is 14.0. The van der Waals surface area contributed by atoms with Crippen molar-refractivity contribution in [3.63, 3.8) is 0 Å². The fourth-order valence-corrected chi connectivity index (χ4v) is 5.34. The summed E-state index contributed by atoms with van der Waals surface area (Å²) in [5.41, 5.74) is 0. The summed E-state index contributed by atoms with van der Waals surface area (Å²) >= 11 is 0. The SMILES string of the molecule is O=S(=O)(c1cc(F)ccc1F)N1CCCC[C@H]1CCN1CCOCC1. The van der Waals surface area contributed by atoms with Gasteiger partial charge in [-0.1, -0.05) is 6.42 Å². The molecule has 2 heterocycles. The van der Waals surface area contributed by atoms with Crippen molar-refractivity contribution in [1.29, 1.82) is 0 Å². The second kappa shape index (κ2) is 8.07. The van der Waals surface area contributed by atoms with E-state index < -0.39 is 26.6 Å². The van der Waals surface area contributed by atoms with E-state index >= 15 is 0 Å². The molecule has 0 amide bonds. The summed E-state index contributed by atoms with van der Waals surface area (Å²) in [7, 11) is -4.04. The lowest BCUT2D eigenvalue weighted by molar-refractivity contribution is 0.0340. The van der Waals surface area contributed by atoms with Gasteiger partial charge in [-0.2, -0.15) is 4.31 Å². The predicted octanol–water partition coefficient (Wildman–Crippen LogP) is 2.23. The molecule has 0 saturated carbocycles. The van der Waals surface area contributed by atoms with Gasteiger partial charge in [0.15, 0.2) is 0 Å². The molecule has 0 N–H and O–H groups in total. The van der Waals surface area contributed by atoms with Crippen molar-refractivity contribution in [2.24, 2.45) is 0 Å². The minimum absolute atomic E-state index is 0.177. The van der Waals surface area contributed by atoms with Gasteiger partial charge in [-0.25, -0.2) is 17.2 Å². The van der Waals surface area contributed by atoms with E-state index in [1.165, 1.54) is 4.31 Å². The van der Waals surface area contributed by atoms with Gasteiger partial charge in [0.2, 0.25) is 10.0 Å². The minimum atomic E-state index is -4.04. The zero-order chi connectivity index (χ0) is 17.9. The van der Waals surface area contributed by atoms with E-state index in [-0.39, 0.29) is 6.04 Å². The summed E-state index contributed by atoms with van der Waals surface area (Å²) in [5, 5.41) is 0. The Morgan fingerprint density at radius 1 is 1.12 bits per heavy atom. The Morgan fingerprint density at radius 2 is 1.88 bits per heavy atom. The van der Waals surface area contributed by atoms with Crippen LogP contribution < -0.4 is 0 Å². The molecule has 0 aliphatic carbocycles. The number of morpholine rings is 1. The lowest BCUT2D eigenvalue weighted by Gasteiger charge is -2.36. The average molecular weight is 374 g/mol. The molecule has 140 valence electrons. The number of hydrogen-bond acceptors (Lipinski definition) is 4. The molecule has 2 aliphatic rings. The van der Waals surface area contributed by atoms with Gasteiger partial charge in [0.1, 0.15) is 16.5 Å². The first kappa shape index (κ1) is 18.7. The topological polar surface area (TPSA) is 49.9 Å². The molecule has 1 aromatic carbocycles. The molecule has 0 bridgehead atoms. The highest BCUT2D eigenvalue weighted by molar-refractivity contribution is 7.89. The van der Waals surface area contributed by atoms with Gasteiger partial charge in [-0.3, -0.25) is 4.90 Å². The molecule has 3 rings (SSSR count).